The lowest BCUT2D eigenvalue weighted by Gasteiger charge is -2.46. The van der Waals surface area contributed by atoms with Crippen LogP contribution in [-0.2, 0) is 4.79 Å². The molecule has 0 aromatic heterocycles. The number of amides is 1. The van der Waals surface area contributed by atoms with Crippen LogP contribution >= 0.6 is 11.8 Å². The fraction of sp³-hybridized carbons (Fsp3) is 0.938. The van der Waals surface area contributed by atoms with E-state index in [-0.39, 0.29) is 10.3 Å². The molecular weight excluding hydrogens is 268 g/mol. The zero-order valence-electron chi connectivity index (χ0n) is 13.7. The van der Waals surface area contributed by atoms with Crippen molar-refractivity contribution in [1.82, 2.24) is 9.80 Å². The van der Waals surface area contributed by atoms with Crippen LogP contribution in [0.15, 0.2) is 0 Å². The minimum Gasteiger partial charge on any atom is -0.340 e. The van der Waals surface area contributed by atoms with E-state index < -0.39 is 0 Å². The number of hydrogen-bond donors (Lipinski definition) is 0. The summed E-state index contributed by atoms with van der Waals surface area (Å²) < 4.78 is 0. The second-order valence-electron chi connectivity index (χ2n) is 7.71. The molecule has 1 amide bonds. The molecule has 2 aliphatic rings. The van der Waals surface area contributed by atoms with E-state index in [4.69, 9.17) is 0 Å². The molecule has 1 atom stereocenters. The highest BCUT2D eigenvalue weighted by Gasteiger charge is 2.46. The highest BCUT2D eigenvalue weighted by atomic mass is 32.2. The summed E-state index contributed by atoms with van der Waals surface area (Å²) >= 11 is 2.08. The Morgan fingerprint density at radius 1 is 1.30 bits per heavy atom. The molecule has 1 spiro atoms. The Balaban J connectivity index is 2.10. The van der Waals surface area contributed by atoms with Gasteiger partial charge in [-0.05, 0) is 18.8 Å². The van der Waals surface area contributed by atoms with Gasteiger partial charge in [0.15, 0.2) is 0 Å². The normalized spacial score (nSPS) is 28.6. The van der Waals surface area contributed by atoms with Crippen molar-refractivity contribution in [3.05, 3.63) is 0 Å². The number of thioether (sulfide) groups is 1. The van der Waals surface area contributed by atoms with Crippen molar-refractivity contribution in [2.24, 2.45) is 11.3 Å². The Kier molecular flexibility index (Phi) is 4.75. The van der Waals surface area contributed by atoms with Crippen LogP contribution in [0, 0.1) is 11.3 Å². The van der Waals surface area contributed by atoms with E-state index in [1.165, 1.54) is 18.7 Å². The van der Waals surface area contributed by atoms with Gasteiger partial charge in [-0.2, -0.15) is 0 Å². The van der Waals surface area contributed by atoms with Crippen LogP contribution in [0.5, 0.6) is 0 Å². The van der Waals surface area contributed by atoms with Crippen molar-refractivity contribution in [3.8, 4) is 0 Å². The van der Waals surface area contributed by atoms with Crippen molar-refractivity contribution in [1.29, 1.82) is 0 Å². The van der Waals surface area contributed by atoms with Gasteiger partial charge in [0.25, 0.3) is 0 Å². The molecule has 1 unspecified atom stereocenters. The third-order valence-electron chi connectivity index (χ3n) is 4.26. The van der Waals surface area contributed by atoms with Crippen molar-refractivity contribution in [2.45, 2.75) is 52.3 Å². The molecule has 3 nitrogen and oxygen atoms in total. The molecule has 2 aliphatic heterocycles. The van der Waals surface area contributed by atoms with E-state index >= 15 is 0 Å². The van der Waals surface area contributed by atoms with Gasteiger partial charge in [-0.1, -0.05) is 34.6 Å². The molecule has 2 rings (SSSR count). The van der Waals surface area contributed by atoms with Crippen molar-refractivity contribution in [2.75, 3.05) is 31.9 Å². The van der Waals surface area contributed by atoms with Gasteiger partial charge in [0.2, 0.25) is 5.91 Å². The van der Waals surface area contributed by atoms with Gasteiger partial charge < -0.3 is 4.90 Å². The van der Waals surface area contributed by atoms with Gasteiger partial charge >= 0.3 is 0 Å². The average Bonchev–Trinajstić information content (AvgIpc) is 2.69. The minimum absolute atomic E-state index is 0.198. The van der Waals surface area contributed by atoms with Crippen LogP contribution in [0.1, 0.15) is 47.5 Å². The number of carbonyl (C=O) groups excluding carboxylic acids is 1. The molecule has 20 heavy (non-hydrogen) atoms. The minimum atomic E-state index is -0.259. The molecule has 0 bridgehead atoms. The van der Waals surface area contributed by atoms with Gasteiger partial charge in [0, 0.05) is 37.3 Å². The highest BCUT2D eigenvalue weighted by Crippen LogP contribution is 2.43. The summed E-state index contributed by atoms with van der Waals surface area (Å²) in [6.45, 7) is 14.9. The number of piperidine rings is 1. The van der Waals surface area contributed by atoms with Gasteiger partial charge in [0.05, 0.1) is 4.87 Å². The third kappa shape index (κ3) is 3.33. The fourth-order valence-corrected chi connectivity index (χ4v) is 4.94. The van der Waals surface area contributed by atoms with Gasteiger partial charge in [-0.15, -0.1) is 11.8 Å². The Morgan fingerprint density at radius 2 is 2.00 bits per heavy atom. The van der Waals surface area contributed by atoms with Crippen LogP contribution in [0.25, 0.3) is 0 Å². The molecule has 0 aromatic carbocycles. The summed E-state index contributed by atoms with van der Waals surface area (Å²) in [5.74, 6) is 2.22. The van der Waals surface area contributed by atoms with Crippen molar-refractivity contribution >= 4 is 17.7 Å². The molecule has 0 radical (unpaired) electrons. The van der Waals surface area contributed by atoms with E-state index in [0.29, 0.717) is 11.8 Å². The second-order valence-corrected chi connectivity index (χ2v) is 9.17. The van der Waals surface area contributed by atoms with Crippen LogP contribution in [0.4, 0.5) is 0 Å². The zero-order valence-corrected chi connectivity index (χ0v) is 14.6. The smallest absolute Gasteiger partial charge is 0.228 e. The number of rotatable bonds is 2. The maximum Gasteiger partial charge on any atom is 0.228 e. The highest BCUT2D eigenvalue weighted by molar-refractivity contribution is 8.00. The van der Waals surface area contributed by atoms with Crippen LogP contribution in [-0.4, -0.2) is 52.5 Å². The first-order chi connectivity index (χ1) is 9.24. The first kappa shape index (κ1) is 16.2. The monoisotopic (exact) mass is 298 g/mol. The number of hydrogen-bond acceptors (Lipinski definition) is 3. The fourth-order valence-electron chi connectivity index (χ4n) is 3.37. The summed E-state index contributed by atoms with van der Waals surface area (Å²) in [5.41, 5.74) is -0.259. The summed E-state index contributed by atoms with van der Waals surface area (Å²) in [7, 11) is 0. The van der Waals surface area contributed by atoms with Gasteiger partial charge in [-0.3, -0.25) is 9.69 Å². The molecule has 2 fully saturated rings. The Bertz CT molecular complexity index is 364. The number of likely N-dealkylation sites (tertiary alicyclic amines) is 1. The maximum atomic E-state index is 12.6. The lowest BCUT2D eigenvalue weighted by molar-refractivity contribution is -0.142. The molecule has 116 valence electrons. The van der Waals surface area contributed by atoms with E-state index in [1.807, 2.05) is 20.8 Å². The van der Waals surface area contributed by atoms with Crippen molar-refractivity contribution < 1.29 is 4.79 Å². The number of carbonyl (C=O) groups is 1. The molecule has 4 heteroatoms. The summed E-state index contributed by atoms with van der Waals surface area (Å²) in [6, 6.07) is 0. The quantitative estimate of drug-likeness (QED) is 0.783. The summed E-state index contributed by atoms with van der Waals surface area (Å²) in [4.78, 5) is 17.5. The number of nitrogens with zero attached hydrogens (tertiary/aromatic N) is 2. The van der Waals surface area contributed by atoms with Crippen molar-refractivity contribution in [3.63, 3.8) is 0 Å². The maximum absolute atomic E-state index is 12.6. The average molecular weight is 298 g/mol. The van der Waals surface area contributed by atoms with E-state index in [0.717, 1.165) is 26.1 Å². The lowest BCUT2D eigenvalue weighted by Crippen LogP contribution is -2.57. The third-order valence-corrected chi connectivity index (χ3v) is 5.77. The first-order valence-electron chi connectivity index (χ1n) is 7.93. The molecular formula is C16H30N2OS. The van der Waals surface area contributed by atoms with Gasteiger partial charge in [0.1, 0.15) is 0 Å². The molecule has 0 saturated carbocycles. The second kappa shape index (κ2) is 5.88. The van der Waals surface area contributed by atoms with E-state index in [2.05, 4.69) is 35.4 Å². The first-order valence-corrected chi connectivity index (χ1v) is 8.91. The van der Waals surface area contributed by atoms with E-state index in [9.17, 15) is 4.79 Å². The standard InChI is InChI=1S/C16H30N2OS/c1-13(2)11-18-9-10-20-16(18)7-6-8-17(12-16)14(19)15(3,4)5/h13H,6-12H2,1-5H3. The molecule has 2 saturated heterocycles. The molecule has 2 heterocycles. The SMILES string of the molecule is CC(C)CN1CCSC12CCCN(C(=O)C(C)(C)C)C2. The summed E-state index contributed by atoms with van der Waals surface area (Å²) in [6.07, 6.45) is 2.38. The lowest BCUT2D eigenvalue weighted by atomic mass is 9.92. The zero-order chi connectivity index (χ0) is 15.0. The molecule has 0 aliphatic carbocycles. The van der Waals surface area contributed by atoms with Crippen LogP contribution in [0.3, 0.4) is 0 Å². The molecule has 0 aromatic rings. The summed E-state index contributed by atoms with van der Waals surface area (Å²) in [5, 5.41) is 0. The van der Waals surface area contributed by atoms with Crippen LogP contribution in [0.2, 0.25) is 0 Å². The van der Waals surface area contributed by atoms with E-state index in [1.54, 1.807) is 0 Å². The topological polar surface area (TPSA) is 23.6 Å². The largest absolute Gasteiger partial charge is 0.340 e. The van der Waals surface area contributed by atoms with Crippen LogP contribution < -0.4 is 0 Å². The Morgan fingerprint density at radius 3 is 2.60 bits per heavy atom. The Labute approximate surface area is 128 Å². The van der Waals surface area contributed by atoms with Gasteiger partial charge in [-0.25, -0.2) is 0 Å². The predicted octanol–water partition coefficient (Wildman–Crippen LogP) is 3.06. The predicted molar refractivity (Wildman–Crippen MR) is 86.9 cm³/mol. The Hall–Kier alpha value is -0.220. The molecule has 0 N–H and O–H groups in total.